The third kappa shape index (κ3) is 4.99. The Morgan fingerprint density at radius 3 is 2.38 bits per heavy atom. The van der Waals surface area contributed by atoms with Crippen LogP contribution in [0.4, 0.5) is 0 Å². The Labute approximate surface area is 169 Å². The summed E-state index contributed by atoms with van der Waals surface area (Å²) in [5.74, 6) is 1.46. The number of nitriles is 1. The number of aliphatic hydroxyl groups excluding tert-OH is 1. The van der Waals surface area contributed by atoms with Gasteiger partial charge in [-0.05, 0) is 36.6 Å². The average molecular weight is 385 g/mol. The lowest BCUT2D eigenvalue weighted by molar-refractivity contribution is 0.431. The number of nitrogens with zero attached hydrogens (tertiary/aromatic N) is 3. The normalized spacial score (nSPS) is 10.8. The molecule has 0 spiro atoms. The van der Waals surface area contributed by atoms with Crippen molar-refractivity contribution in [3.63, 3.8) is 0 Å². The lowest BCUT2D eigenvalue weighted by Gasteiger charge is -2.13. The molecule has 0 aliphatic rings. The average Bonchev–Trinajstić information content (AvgIpc) is 2.76. The van der Waals surface area contributed by atoms with E-state index in [1.54, 1.807) is 36.4 Å². The summed E-state index contributed by atoms with van der Waals surface area (Å²) in [5.41, 5.74) is 1.89. The highest BCUT2D eigenvalue weighted by atomic mass is 16.5. The number of aromatic nitrogens is 2. The van der Waals surface area contributed by atoms with E-state index < -0.39 is 0 Å². The summed E-state index contributed by atoms with van der Waals surface area (Å²) in [6, 6.07) is 17.9. The van der Waals surface area contributed by atoms with Gasteiger partial charge in [-0.3, -0.25) is 0 Å². The van der Waals surface area contributed by atoms with Crippen LogP contribution in [0.2, 0.25) is 0 Å². The number of rotatable bonds is 8. The smallest absolute Gasteiger partial charge is 0.226 e. The largest absolute Gasteiger partial charge is 0.515 e. The third-order valence-electron chi connectivity index (χ3n) is 4.06. The first-order valence-corrected chi connectivity index (χ1v) is 8.95. The van der Waals surface area contributed by atoms with E-state index in [9.17, 15) is 10.4 Å². The van der Waals surface area contributed by atoms with Gasteiger partial charge >= 0.3 is 0 Å². The van der Waals surface area contributed by atoms with Gasteiger partial charge in [-0.2, -0.15) is 5.26 Å². The first kappa shape index (κ1) is 19.6. The Kier molecular flexibility index (Phi) is 6.58. The molecule has 1 heterocycles. The highest BCUT2D eigenvalue weighted by Gasteiger charge is 2.12. The van der Waals surface area contributed by atoms with Crippen molar-refractivity contribution in [2.24, 2.45) is 0 Å². The van der Waals surface area contributed by atoms with Crippen molar-refractivity contribution >= 4 is 5.57 Å². The highest BCUT2D eigenvalue weighted by molar-refractivity contribution is 5.70. The van der Waals surface area contributed by atoms with Crippen LogP contribution < -0.4 is 9.47 Å². The van der Waals surface area contributed by atoms with Crippen molar-refractivity contribution in [2.75, 3.05) is 0 Å². The maximum absolute atomic E-state index is 9.63. The monoisotopic (exact) mass is 385 g/mol. The van der Waals surface area contributed by atoms with Gasteiger partial charge in [0.05, 0.1) is 17.9 Å². The SMILES string of the molecule is C=CCC/C(=C/O)c1ccccc1Oc1cc(Oc2ccccc2C#N)ncn1. The van der Waals surface area contributed by atoms with Gasteiger partial charge in [-0.1, -0.05) is 36.4 Å². The zero-order chi connectivity index (χ0) is 20.5. The van der Waals surface area contributed by atoms with Crippen LogP contribution in [0.3, 0.4) is 0 Å². The van der Waals surface area contributed by atoms with Gasteiger partial charge in [-0.25, -0.2) is 9.97 Å². The molecular weight excluding hydrogens is 366 g/mol. The Balaban J connectivity index is 1.84. The van der Waals surface area contributed by atoms with E-state index in [-0.39, 0.29) is 11.8 Å². The Hall–Kier alpha value is -4.11. The topological polar surface area (TPSA) is 88.3 Å². The van der Waals surface area contributed by atoms with Crippen LogP contribution in [0.1, 0.15) is 24.0 Å². The minimum atomic E-state index is 0.250. The van der Waals surface area contributed by atoms with Crippen LogP contribution in [0, 0.1) is 11.3 Å². The van der Waals surface area contributed by atoms with E-state index in [0.717, 1.165) is 23.8 Å². The molecule has 0 aliphatic heterocycles. The summed E-state index contributed by atoms with van der Waals surface area (Å²) in [5, 5.41) is 18.8. The van der Waals surface area contributed by atoms with E-state index in [0.29, 0.717) is 23.5 Å². The van der Waals surface area contributed by atoms with E-state index in [4.69, 9.17) is 9.47 Å². The molecule has 0 unspecified atom stereocenters. The molecular formula is C23H19N3O3. The first-order chi connectivity index (χ1) is 14.2. The summed E-state index contributed by atoms with van der Waals surface area (Å²) in [7, 11) is 0. The quantitative estimate of drug-likeness (QED) is 0.389. The third-order valence-corrected chi connectivity index (χ3v) is 4.06. The lowest BCUT2D eigenvalue weighted by atomic mass is 10.0. The zero-order valence-electron chi connectivity index (χ0n) is 15.7. The summed E-state index contributed by atoms with van der Waals surface area (Å²) in [4.78, 5) is 8.21. The molecule has 1 N–H and O–H groups in total. The molecule has 0 bridgehead atoms. The van der Waals surface area contributed by atoms with Gasteiger partial charge in [0.15, 0.2) is 0 Å². The Morgan fingerprint density at radius 1 is 1.03 bits per heavy atom. The molecule has 0 radical (unpaired) electrons. The Morgan fingerprint density at radius 2 is 1.69 bits per heavy atom. The zero-order valence-corrected chi connectivity index (χ0v) is 15.7. The van der Waals surface area contributed by atoms with Crippen LogP contribution in [0.5, 0.6) is 23.3 Å². The molecule has 1 aromatic heterocycles. The molecule has 0 saturated carbocycles. The molecule has 0 fully saturated rings. The maximum atomic E-state index is 9.63. The van der Waals surface area contributed by atoms with E-state index in [1.807, 2.05) is 18.2 Å². The van der Waals surface area contributed by atoms with Crippen molar-refractivity contribution in [1.29, 1.82) is 5.26 Å². The van der Waals surface area contributed by atoms with Crippen LogP contribution in [-0.4, -0.2) is 15.1 Å². The van der Waals surface area contributed by atoms with Crippen LogP contribution in [-0.2, 0) is 0 Å². The number of ether oxygens (including phenoxy) is 2. The predicted octanol–water partition coefficient (Wildman–Crippen LogP) is 5.80. The fraction of sp³-hybridized carbons (Fsp3) is 0.0870. The van der Waals surface area contributed by atoms with E-state index >= 15 is 0 Å². The molecule has 6 heteroatoms. The number of aliphatic hydroxyl groups is 1. The maximum Gasteiger partial charge on any atom is 0.226 e. The predicted molar refractivity (Wildman–Crippen MR) is 110 cm³/mol. The minimum absolute atomic E-state index is 0.250. The van der Waals surface area contributed by atoms with Gasteiger partial charge in [0.1, 0.15) is 23.9 Å². The molecule has 3 rings (SSSR count). The molecule has 0 amide bonds. The van der Waals surface area contributed by atoms with Gasteiger partial charge < -0.3 is 14.6 Å². The number of benzene rings is 2. The second-order valence-corrected chi connectivity index (χ2v) is 5.98. The summed E-state index contributed by atoms with van der Waals surface area (Å²) >= 11 is 0. The standard InChI is InChI=1S/C23H19N3O3/c1-2-3-8-18(15-27)19-10-5-7-12-21(19)29-23-13-22(25-16-26-23)28-20-11-6-4-9-17(20)14-24/h2,4-7,9-13,15-16,27H,1,3,8H2/b18-15-. The number of hydrogen-bond donors (Lipinski definition) is 1. The molecule has 144 valence electrons. The van der Waals surface area contributed by atoms with Crippen LogP contribution >= 0.6 is 0 Å². The van der Waals surface area contributed by atoms with E-state index in [1.165, 1.54) is 12.4 Å². The van der Waals surface area contributed by atoms with Crippen molar-refractivity contribution in [1.82, 2.24) is 9.97 Å². The van der Waals surface area contributed by atoms with Gasteiger partial charge in [0, 0.05) is 5.56 Å². The Bertz CT molecular complexity index is 1070. The summed E-state index contributed by atoms with van der Waals surface area (Å²) < 4.78 is 11.6. The van der Waals surface area contributed by atoms with Crippen molar-refractivity contribution < 1.29 is 14.6 Å². The number of hydrogen-bond acceptors (Lipinski definition) is 6. The molecule has 0 atom stereocenters. The molecule has 0 saturated heterocycles. The highest BCUT2D eigenvalue weighted by Crippen LogP contribution is 2.33. The van der Waals surface area contributed by atoms with E-state index in [2.05, 4.69) is 22.6 Å². The minimum Gasteiger partial charge on any atom is -0.515 e. The van der Waals surface area contributed by atoms with Gasteiger partial charge in [0.2, 0.25) is 11.8 Å². The second kappa shape index (κ2) is 9.72. The number of allylic oxidation sites excluding steroid dienone is 2. The molecule has 3 aromatic rings. The van der Waals surface area contributed by atoms with Gasteiger partial charge in [-0.15, -0.1) is 6.58 Å². The first-order valence-electron chi connectivity index (χ1n) is 8.95. The summed E-state index contributed by atoms with van der Waals surface area (Å²) in [6.07, 6.45) is 5.55. The second-order valence-electron chi connectivity index (χ2n) is 5.98. The molecule has 6 nitrogen and oxygen atoms in total. The fourth-order valence-electron chi connectivity index (χ4n) is 2.66. The molecule has 29 heavy (non-hydrogen) atoms. The van der Waals surface area contributed by atoms with Crippen LogP contribution in [0.25, 0.3) is 5.57 Å². The number of para-hydroxylation sites is 2. The van der Waals surface area contributed by atoms with Gasteiger partial charge in [0.25, 0.3) is 0 Å². The van der Waals surface area contributed by atoms with Crippen LogP contribution in [0.15, 0.2) is 79.8 Å². The fourth-order valence-corrected chi connectivity index (χ4v) is 2.66. The lowest BCUT2D eigenvalue weighted by Crippen LogP contribution is -1.96. The van der Waals surface area contributed by atoms with Crippen molar-refractivity contribution in [3.05, 3.63) is 91.0 Å². The molecule has 0 aliphatic carbocycles. The van der Waals surface area contributed by atoms with Crippen molar-refractivity contribution in [3.8, 4) is 29.3 Å². The van der Waals surface area contributed by atoms with Crippen molar-refractivity contribution in [2.45, 2.75) is 12.8 Å². The molecule has 2 aromatic carbocycles. The summed E-state index contributed by atoms with van der Waals surface area (Å²) in [6.45, 7) is 3.72.